The van der Waals surface area contributed by atoms with Gasteiger partial charge in [-0.15, -0.1) is 11.3 Å². The van der Waals surface area contributed by atoms with Crippen molar-refractivity contribution in [2.75, 3.05) is 6.54 Å². The van der Waals surface area contributed by atoms with Gasteiger partial charge in [0.15, 0.2) is 0 Å². The van der Waals surface area contributed by atoms with Crippen LogP contribution in [0.1, 0.15) is 30.3 Å². The van der Waals surface area contributed by atoms with E-state index in [2.05, 4.69) is 10.3 Å². The Hall–Kier alpha value is -1.59. The maximum absolute atomic E-state index is 12.3. The molecule has 112 valence electrons. The van der Waals surface area contributed by atoms with E-state index >= 15 is 0 Å². The van der Waals surface area contributed by atoms with E-state index in [0.29, 0.717) is 13.1 Å². The van der Waals surface area contributed by atoms with Gasteiger partial charge < -0.3 is 10.2 Å². The van der Waals surface area contributed by atoms with E-state index in [9.17, 15) is 4.79 Å². The van der Waals surface area contributed by atoms with Crippen molar-refractivity contribution >= 4 is 29.0 Å². The van der Waals surface area contributed by atoms with Crippen LogP contribution in [0.5, 0.6) is 0 Å². The van der Waals surface area contributed by atoms with Gasteiger partial charge in [0, 0.05) is 23.8 Å². The number of carbonyl (C=O) groups is 1. The number of amides is 2. The van der Waals surface area contributed by atoms with E-state index in [-0.39, 0.29) is 12.1 Å². The molecule has 0 saturated carbocycles. The lowest BCUT2D eigenvalue weighted by molar-refractivity contribution is 0.195. The SMILES string of the molecule is CCN(Cc1ccc(Cl)s1)C(=O)NC(C)c1ccncc1. The number of pyridine rings is 1. The molecule has 0 aromatic carbocycles. The molecular weight excluding hydrogens is 306 g/mol. The van der Waals surface area contributed by atoms with Crippen molar-refractivity contribution in [2.45, 2.75) is 26.4 Å². The first-order chi connectivity index (χ1) is 10.1. The minimum Gasteiger partial charge on any atom is -0.331 e. The Morgan fingerprint density at radius 3 is 2.67 bits per heavy atom. The Labute approximate surface area is 133 Å². The molecule has 0 aliphatic carbocycles. The van der Waals surface area contributed by atoms with E-state index in [4.69, 9.17) is 11.6 Å². The molecule has 2 aromatic heterocycles. The van der Waals surface area contributed by atoms with Gasteiger partial charge in [-0.3, -0.25) is 4.98 Å². The minimum absolute atomic E-state index is 0.0542. The molecule has 0 fully saturated rings. The second kappa shape index (κ2) is 7.43. The third-order valence-corrected chi connectivity index (χ3v) is 4.41. The summed E-state index contributed by atoms with van der Waals surface area (Å²) in [6.45, 7) is 5.14. The Morgan fingerprint density at radius 2 is 2.10 bits per heavy atom. The fourth-order valence-corrected chi connectivity index (χ4v) is 3.07. The second-order valence-electron chi connectivity index (χ2n) is 4.67. The van der Waals surface area contributed by atoms with Crippen molar-refractivity contribution in [3.63, 3.8) is 0 Å². The summed E-state index contributed by atoms with van der Waals surface area (Å²) in [6.07, 6.45) is 3.45. The maximum Gasteiger partial charge on any atom is 0.318 e. The highest BCUT2D eigenvalue weighted by molar-refractivity contribution is 7.16. The minimum atomic E-state index is -0.0775. The average Bonchev–Trinajstić information content (AvgIpc) is 2.90. The number of hydrogen-bond acceptors (Lipinski definition) is 3. The average molecular weight is 324 g/mol. The van der Waals surface area contributed by atoms with Gasteiger partial charge in [0.05, 0.1) is 16.9 Å². The number of halogens is 1. The number of rotatable bonds is 5. The first kappa shape index (κ1) is 15.8. The number of nitrogens with zero attached hydrogens (tertiary/aromatic N) is 2. The largest absolute Gasteiger partial charge is 0.331 e. The van der Waals surface area contributed by atoms with Gasteiger partial charge in [-0.25, -0.2) is 4.79 Å². The number of carbonyl (C=O) groups excluding carboxylic acids is 1. The first-order valence-corrected chi connectivity index (χ1v) is 7.99. The highest BCUT2D eigenvalue weighted by Gasteiger charge is 2.16. The zero-order chi connectivity index (χ0) is 15.2. The number of nitrogens with one attached hydrogen (secondary N) is 1. The van der Waals surface area contributed by atoms with E-state index in [1.54, 1.807) is 17.3 Å². The lowest BCUT2D eigenvalue weighted by Crippen LogP contribution is -2.40. The molecule has 0 spiro atoms. The standard InChI is InChI=1S/C15H18ClN3OS/c1-3-19(10-13-4-5-14(16)21-13)15(20)18-11(2)12-6-8-17-9-7-12/h4-9,11H,3,10H2,1-2H3,(H,18,20). The first-order valence-electron chi connectivity index (χ1n) is 6.79. The molecule has 21 heavy (non-hydrogen) atoms. The highest BCUT2D eigenvalue weighted by Crippen LogP contribution is 2.23. The number of aromatic nitrogens is 1. The molecule has 6 heteroatoms. The molecule has 0 radical (unpaired) electrons. The van der Waals surface area contributed by atoms with E-state index in [1.165, 1.54) is 11.3 Å². The summed E-state index contributed by atoms with van der Waals surface area (Å²) >= 11 is 7.42. The van der Waals surface area contributed by atoms with Gasteiger partial charge in [0.25, 0.3) is 0 Å². The summed E-state index contributed by atoms with van der Waals surface area (Å²) in [5, 5.41) is 3.01. The fourth-order valence-electron chi connectivity index (χ4n) is 1.96. The predicted molar refractivity (Wildman–Crippen MR) is 86.6 cm³/mol. The molecule has 0 aliphatic rings. The van der Waals surface area contributed by atoms with Crippen LogP contribution in [-0.2, 0) is 6.54 Å². The molecule has 1 unspecified atom stereocenters. The van der Waals surface area contributed by atoms with Crippen LogP contribution >= 0.6 is 22.9 Å². The second-order valence-corrected chi connectivity index (χ2v) is 6.47. The zero-order valence-electron chi connectivity index (χ0n) is 12.0. The fraction of sp³-hybridized carbons (Fsp3) is 0.333. The van der Waals surface area contributed by atoms with Crippen LogP contribution in [-0.4, -0.2) is 22.5 Å². The number of urea groups is 1. The molecule has 0 aliphatic heterocycles. The number of thiophene rings is 1. The number of hydrogen-bond donors (Lipinski definition) is 1. The monoisotopic (exact) mass is 323 g/mol. The van der Waals surface area contributed by atoms with Gasteiger partial charge >= 0.3 is 6.03 Å². The van der Waals surface area contributed by atoms with Gasteiger partial charge in [-0.1, -0.05) is 11.6 Å². The normalized spacial score (nSPS) is 12.0. The van der Waals surface area contributed by atoms with Crippen LogP contribution in [0.15, 0.2) is 36.7 Å². The summed E-state index contributed by atoms with van der Waals surface area (Å²) in [6, 6.07) is 7.48. The molecule has 2 rings (SSSR count). The summed E-state index contributed by atoms with van der Waals surface area (Å²) in [5.41, 5.74) is 1.04. The summed E-state index contributed by atoms with van der Waals surface area (Å²) in [4.78, 5) is 19.2. The van der Waals surface area contributed by atoms with Crippen molar-refractivity contribution in [1.29, 1.82) is 0 Å². The van der Waals surface area contributed by atoms with Crippen LogP contribution in [0, 0.1) is 0 Å². The smallest absolute Gasteiger partial charge is 0.318 e. The molecule has 0 bridgehead atoms. The molecule has 2 aromatic rings. The molecule has 4 nitrogen and oxygen atoms in total. The Morgan fingerprint density at radius 1 is 1.38 bits per heavy atom. The van der Waals surface area contributed by atoms with Gasteiger partial charge in [0.1, 0.15) is 0 Å². The molecular formula is C15H18ClN3OS. The van der Waals surface area contributed by atoms with E-state index < -0.39 is 0 Å². The van der Waals surface area contributed by atoms with Crippen molar-refractivity contribution in [3.05, 3.63) is 51.4 Å². The van der Waals surface area contributed by atoms with Crippen molar-refractivity contribution in [1.82, 2.24) is 15.2 Å². The lowest BCUT2D eigenvalue weighted by Gasteiger charge is -2.23. The predicted octanol–water partition coefficient (Wildman–Crippen LogP) is 4.09. The van der Waals surface area contributed by atoms with Crippen LogP contribution < -0.4 is 5.32 Å². The Kier molecular flexibility index (Phi) is 5.59. The summed E-state index contributed by atoms with van der Waals surface area (Å²) in [5.74, 6) is 0. The molecule has 2 heterocycles. The lowest BCUT2D eigenvalue weighted by atomic mass is 10.1. The Balaban J connectivity index is 1.97. The Bertz CT molecular complexity index is 588. The zero-order valence-corrected chi connectivity index (χ0v) is 13.6. The molecule has 1 N–H and O–H groups in total. The maximum atomic E-state index is 12.3. The topological polar surface area (TPSA) is 45.2 Å². The van der Waals surface area contributed by atoms with Gasteiger partial charge in [0.2, 0.25) is 0 Å². The third-order valence-electron chi connectivity index (χ3n) is 3.19. The molecule has 1 atom stereocenters. The van der Waals surface area contributed by atoms with Crippen LogP contribution in [0.2, 0.25) is 4.34 Å². The van der Waals surface area contributed by atoms with Gasteiger partial charge in [-0.2, -0.15) is 0 Å². The van der Waals surface area contributed by atoms with Crippen molar-refractivity contribution in [2.24, 2.45) is 0 Å². The third kappa shape index (κ3) is 4.44. The highest BCUT2D eigenvalue weighted by atomic mass is 35.5. The summed E-state index contributed by atoms with van der Waals surface area (Å²) < 4.78 is 0.742. The quantitative estimate of drug-likeness (QED) is 0.900. The van der Waals surface area contributed by atoms with E-state index in [0.717, 1.165) is 14.8 Å². The van der Waals surface area contributed by atoms with Crippen molar-refractivity contribution in [3.8, 4) is 0 Å². The van der Waals surface area contributed by atoms with Gasteiger partial charge in [-0.05, 0) is 43.7 Å². The van der Waals surface area contributed by atoms with E-state index in [1.807, 2.05) is 38.1 Å². The van der Waals surface area contributed by atoms with Crippen LogP contribution in [0.3, 0.4) is 0 Å². The molecule has 2 amide bonds. The molecule has 0 saturated heterocycles. The van der Waals surface area contributed by atoms with Crippen LogP contribution in [0.25, 0.3) is 0 Å². The van der Waals surface area contributed by atoms with Crippen molar-refractivity contribution < 1.29 is 4.79 Å². The van der Waals surface area contributed by atoms with Crippen LogP contribution in [0.4, 0.5) is 4.79 Å². The summed E-state index contributed by atoms with van der Waals surface area (Å²) in [7, 11) is 0.